The summed E-state index contributed by atoms with van der Waals surface area (Å²) >= 11 is 0. The SMILES string of the molecule is OC[C@H]1NC[C@H](OCc2ccccc2)[C@@H](OCc2ccccc2)[C@@H]1OCc1ccccc1. The van der Waals surface area contributed by atoms with E-state index in [4.69, 9.17) is 14.2 Å². The molecule has 0 bridgehead atoms. The molecule has 168 valence electrons. The van der Waals surface area contributed by atoms with Crippen LogP contribution >= 0.6 is 0 Å². The summed E-state index contributed by atoms with van der Waals surface area (Å²) in [6.45, 7) is 1.95. The summed E-state index contributed by atoms with van der Waals surface area (Å²) in [6.07, 6.45) is -0.873. The maximum absolute atomic E-state index is 10.0. The van der Waals surface area contributed by atoms with Crippen molar-refractivity contribution in [3.05, 3.63) is 108 Å². The Morgan fingerprint density at radius 1 is 0.625 bits per heavy atom. The predicted molar refractivity (Wildman–Crippen MR) is 124 cm³/mol. The molecule has 0 spiro atoms. The highest BCUT2D eigenvalue weighted by Gasteiger charge is 2.41. The van der Waals surface area contributed by atoms with Crippen LogP contribution in [0.3, 0.4) is 0 Å². The van der Waals surface area contributed by atoms with Gasteiger partial charge in [0.1, 0.15) is 12.2 Å². The minimum atomic E-state index is -0.349. The monoisotopic (exact) mass is 433 g/mol. The Hall–Kier alpha value is -2.54. The molecule has 0 unspecified atom stereocenters. The normalized spacial score (nSPS) is 23.2. The van der Waals surface area contributed by atoms with Crippen molar-refractivity contribution in [2.75, 3.05) is 13.2 Å². The van der Waals surface area contributed by atoms with E-state index in [1.54, 1.807) is 0 Å². The number of aliphatic hydroxyl groups is 1. The first-order valence-electron chi connectivity index (χ1n) is 11.1. The van der Waals surface area contributed by atoms with Gasteiger partial charge in [-0.25, -0.2) is 0 Å². The second-order valence-electron chi connectivity index (χ2n) is 8.05. The molecule has 5 heteroatoms. The minimum Gasteiger partial charge on any atom is -0.395 e. The Morgan fingerprint density at radius 3 is 1.53 bits per heavy atom. The second kappa shape index (κ2) is 11.9. The van der Waals surface area contributed by atoms with Gasteiger partial charge in [0, 0.05) is 6.54 Å². The van der Waals surface area contributed by atoms with Crippen molar-refractivity contribution < 1.29 is 19.3 Å². The van der Waals surface area contributed by atoms with E-state index in [1.807, 2.05) is 78.9 Å². The number of nitrogens with one attached hydrogen (secondary N) is 1. The zero-order valence-electron chi connectivity index (χ0n) is 18.2. The molecule has 2 N–H and O–H groups in total. The van der Waals surface area contributed by atoms with E-state index in [0.29, 0.717) is 26.4 Å². The van der Waals surface area contributed by atoms with Gasteiger partial charge in [-0.15, -0.1) is 0 Å². The molecule has 5 nitrogen and oxygen atoms in total. The molecule has 32 heavy (non-hydrogen) atoms. The van der Waals surface area contributed by atoms with Crippen LogP contribution in [0.2, 0.25) is 0 Å². The lowest BCUT2D eigenvalue weighted by atomic mass is 9.95. The number of rotatable bonds is 10. The molecule has 0 aliphatic carbocycles. The first-order chi connectivity index (χ1) is 15.8. The van der Waals surface area contributed by atoms with Gasteiger partial charge >= 0.3 is 0 Å². The van der Waals surface area contributed by atoms with Gasteiger partial charge in [0.15, 0.2) is 0 Å². The van der Waals surface area contributed by atoms with Crippen LogP contribution in [0.1, 0.15) is 16.7 Å². The number of hydrogen-bond acceptors (Lipinski definition) is 5. The van der Waals surface area contributed by atoms with E-state index >= 15 is 0 Å². The molecule has 0 amide bonds. The lowest BCUT2D eigenvalue weighted by Crippen LogP contribution is -2.63. The van der Waals surface area contributed by atoms with Crippen LogP contribution in [0.5, 0.6) is 0 Å². The maximum Gasteiger partial charge on any atom is 0.113 e. The van der Waals surface area contributed by atoms with Crippen LogP contribution in [0.15, 0.2) is 91.0 Å². The number of hydrogen-bond donors (Lipinski definition) is 2. The summed E-state index contributed by atoms with van der Waals surface area (Å²) in [5.41, 5.74) is 3.29. The van der Waals surface area contributed by atoms with Gasteiger partial charge in [-0.05, 0) is 16.7 Å². The third-order valence-corrected chi connectivity index (χ3v) is 5.74. The third-order valence-electron chi connectivity index (χ3n) is 5.74. The van der Waals surface area contributed by atoms with Crippen LogP contribution in [0.4, 0.5) is 0 Å². The predicted octanol–water partition coefficient (Wildman–Crippen LogP) is 3.71. The van der Waals surface area contributed by atoms with Gasteiger partial charge in [0.25, 0.3) is 0 Å². The number of aliphatic hydroxyl groups excluding tert-OH is 1. The van der Waals surface area contributed by atoms with E-state index in [9.17, 15) is 5.11 Å². The summed E-state index contributed by atoms with van der Waals surface area (Å²) in [7, 11) is 0. The zero-order chi connectivity index (χ0) is 22.0. The molecule has 0 saturated carbocycles. The molecule has 0 radical (unpaired) electrons. The molecule has 3 aromatic carbocycles. The Bertz CT molecular complexity index is 907. The van der Waals surface area contributed by atoms with Crippen molar-refractivity contribution in [3.8, 4) is 0 Å². The Morgan fingerprint density at radius 2 is 1.06 bits per heavy atom. The molecule has 0 aromatic heterocycles. The summed E-state index contributed by atoms with van der Waals surface area (Å²) in [4.78, 5) is 0. The fourth-order valence-electron chi connectivity index (χ4n) is 3.99. The average Bonchev–Trinajstić information content (AvgIpc) is 2.87. The van der Waals surface area contributed by atoms with Gasteiger partial charge in [-0.1, -0.05) is 91.0 Å². The molecule has 1 heterocycles. The van der Waals surface area contributed by atoms with Gasteiger partial charge in [0.2, 0.25) is 0 Å². The number of piperidine rings is 1. The Labute approximate surface area is 190 Å². The van der Waals surface area contributed by atoms with Crippen LogP contribution < -0.4 is 5.32 Å². The molecule has 4 atom stereocenters. The van der Waals surface area contributed by atoms with Gasteiger partial charge in [-0.3, -0.25) is 0 Å². The van der Waals surface area contributed by atoms with E-state index in [1.165, 1.54) is 0 Å². The molecule has 4 rings (SSSR count). The standard InChI is InChI=1S/C27H31NO4/c29-17-24-26(31-19-22-12-6-2-7-13-22)27(32-20-23-14-8-3-9-15-23)25(16-28-24)30-18-21-10-4-1-5-11-21/h1-15,24-29H,16-20H2/t24-,25+,26-,27-/m1/s1. The summed E-state index contributed by atoms with van der Waals surface area (Å²) < 4.78 is 19.0. The smallest absolute Gasteiger partial charge is 0.113 e. The highest BCUT2D eigenvalue weighted by atomic mass is 16.6. The van der Waals surface area contributed by atoms with Crippen LogP contribution in [-0.2, 0) is 34.0 Å². The maximum atomic E-state index is 10.0. The lowest BCUT2D eigenvalue weighted by Gasteiger charge is -2.42. The zero-order valence-corrected chi connectivity index (χ0v) is 18.2. The first-order valence-corrected chi connectivity index (χ1v) is 11.1. The Balaban J connectivity index is 1.49. The molecule has 3 aromatic rings. The van der Waals surface area contributed by atoms with E-state index in [-0.39, 0.29) is 31.0 Å². The van der Waals surface area contributed by atoms with Crippen molar-refractivity contribution in [1.82, 2.24) is 5.32 Å². The Kier molecular flexibility index (Phi) is 8.42. The highest BCUT2D eigenvalue weighted by Crippen LogP contribution is 2.23. The second-order valence-corrected chi connectivity index (χ2v) is 8.05. The number of benzene rings is 3. The molecule has 1 saturated heterocycles. The van der Waals surface area contributed by atoms with Gasteiger partial charge < -0.3 is 24.6 Å². The minimum absolute atomic E-state index is 0.0317. The fourth-order valence-corrected chi connectivity index (χ4v) is 3.99. The van der Waals surface area contributed by atoms with Crippen molar-refractivity contribution in [2.24, 2.45) is 0 Å². The topological polar surface area (TPSA) is 60.0 Å². The highest BCUT2D eigenvalue weighted by molar-refractivity contribution is 5.15. The van der Waals surface area contributed by atoms with Gasteiger partial charge in [0.05, 0.1) is 38.6 Å². The van der Waals surface area contributed by atoms with E-state index in [0.717, 1.165) is 16.7 Å². The molecule has 1 aliphatic rings. The quantitative estimate of drug-likeness (QED) is 0.511. The van der Waals surface area contributed by atoms with Crippen molar-refractivity contribution in [1.29, 1.82) is 0 Å². The summed E-state index contributed by atoms with van der Waals surface area (Å²) in [5.74, 6) is 0. The molecule has 1 aliphatic heterocycles. The van der Waals surface area contributed by atoms with Crippen LogP contribution in [0.25, 0.3) is 0 Å². The molecular formula is C27H31NO4. The van der Waals surface area contributed by atoms with E-state index in [2.05, 4.69) is 17.4 Å². The molecule has 1 fully saturated rings. The van der Waals surface area contributed by atoms with Crippen molar-refractivity contribution >= 4 is 0 Å². The summed E-state index contributed by atoms with van der Waals surface area (Å²) in [5, 5.41) is 13.4. The van der Waals surface area contributed by atoms with Crippen LogP contribution in [-0.4, -0.2) is 42.6 Å². The summed E-state index contributed by atoms with van der Waals surface area (Å²) in [6, 6.07) is 30.0. The lowest BCUT2D eigenvalue weighted by molar-refractivity contribution is -0.179. The van der Waals surface area contributed by atoms with E-state index < -0.39 is 0 Å². The number of ether oxygens (including phenoxy) is 3. The van der Waals surface area contributed by atoms with Crippen molar-refractivity contribution in [2.45, 2.75) is 44.2 Å². The molecular weight excluding hydrogens is 402 g/mol. The third kappa shape index (κ3) is 6.25. The van der Waals surface area contributed by atoms with Crippen molar-refractivity contribution in [3.63, 3.8) is 0 Å². The van der Waals surface area contributed by atoms with Gasteiger partial charge in [-0.2, -0.15) is 0 Å². The largest absolute Gasteiger partial charge is 0.395 e. The fraction of sp³-hybridized carbons (Fsp3) is 0.333. The van der Waals surface area contributed by atoms with Crippen LogP contribution in [0, 0.1) is 0 Å². The first kappa shape index (κ1) is 22.6. The average molecular weight is 434 g/mol.